The minimum Gasteiger partial charge on any atom is -0.493 e. The van der Waals surface area contributed by atoms with Crippen LogP contribution in [0.25, 0.3) is 10.9 Å². The minimum atomic E-state index is -0.540. The molecule has 0 aliphatic carbocycles. The molecule has 3 rings (SSSR count). The highest BCUT2D eigenvalue weighted by Gasteiger charge is 2.19. The number of hydrogen-bond acceptors (Lipinski definition) is 5. The number of quaternary nitrogens is 1. The molecule has 8 nitrogen and oxygen atoms in total. The molecule has 8 heteroatoms. The average molecular weight is 411 g/mol. The van der Waals surface area contributed by atoms with Gasteiger partial charge in [-0.1, -0.05) is 18.2 Å². The molecule has 0 saturated heterocycles. The van der Waals surface area contributed by atoms with Gasteiger partial charge < -0.3 is 19.5 Å². The number of amides is 1. The second-order valence-corrected chi connectivity index (χ2v) is 6.81. The molecular weight excluding hydrogens is 384 g/mol. The van der Waals surface area contributed by atoms with E-state index in [1.54, 1.807) is 18.2 Å². The normalized spacial score (nSPS) is 11.5. The molecule has 3 aromatic rings. The van der Waals surface area contributed by atoms with Gasteiger partial charge in [-0.3, -0.25) is 9.36 Å². The van der Waals surface area contributed by atoms with Crippen molar-refractivity contribution in [1.29, 1.82) is 0 Å². The number of carbonyl (C=O) groups excluding carboxylic acids is 1. The van der Waals surface area contributed by atoms with Crippen molar-refractivity contribution < 1.29 is 24.3 Å². The van der Waals surface area contributed by atoms with Gasteiger partial charge in [-0.2, -0.15) is 0 Å². The summed E-state index contributed by atoms with van der Waals surface area (Å²) >= 11 is 0. The van der Waals surface area contributed by atoms with E-state index in [2.05, 4.69) is 24.1 Å². The van der Waals surface area contributed by atoms with Gasteiger partial charge in [0, 0.05) is 10.9 Å². The molecule has 0 unspecified atom stereocenters. The van der Waals surface area contributed by atoms with E-state index in [-0.39, 0.29) is 11.6 Å². The Bertz CT molecular complexity index is 1070. The highest BCUT2D eigenvalue weighted by atomic mass is 16.5. The average Bonchev–Trinajstić information content (AvgIpc) is 3.05. The molecule has 0 atom stereocenters. The molecule has 0 bridgehead atoms. The number of azo groups is 1. The maximum Gasteiger partial charge on any atom is 0.295 e. The molecule has 1 amide bonds. The Hall–Kier alpha value is -3.39. The van der Waals surface area contributed by atoms with E-state index in [0.717, 1.165) is 24.0 Å². The number of aromatic nitrogens is 1. The van der Waals surface area contributed by atoms with E-state index in [1.165, 1.54) is 19.1 Å². The van der Waals surface area contributed by atoms with Gasteiger partial charge in [0.1, 0.15) is 0 Å². The van der Waals surface area contributed by atoms with Crippen LogP contribution in [0.5, 0.6) is 17.4 Å². The lowest BCUT2D eigenvalue weighted by Gasteiger charge is -2.17. The largest absolute Gasteiger partial charge is 0.493 e. The second-order valence-electron chi connectivity index (χ2n) is 6.81. The maximum absolute atomic E-state index is 12.6. The SMILES string of the molecule is CC[NH+](CC)Cn1c(O)c(N=NC(=O)c2ccc(OC)c(OC)c2)c2ccccc21. The summed E-state index contributed by atoms with van der Waals surface area (Å²) in [5, 5.41) is 19.5. The number of fused-ring (bicyclic) bond motifs is 1. The molecule has 0 aliphatic heterocycles. The van der Waals surface area contributed by atoms with Crippen LogP contribution in [0.3, 0.4) is 0 Å². The van der Waals surface area contributed by atoms with Crippen LogP contribution in [-0.2, 0) is 6.67 Å². The number of aromatic hydroxyl groups is 1. The summed E-state index contributed by atoms with van der Waals surface area (Å²) in [4.78, 5) is 13.9. The van der Waals surface area contributed by atoms with Crippen LogP contribution >= 0.6 is 0 Å². The van der Waals surface area contributed by atoms with Gasteiger partial charge in [-0.05, 0) is 38.1 Å². The molecule has 0 aliphatic rings. The van der Waals surface area contributed by atoms with E-state index in [0.29, 0.717) is 23.7 Å². The highest BCUT2D eigenvalue weighted by molar-refractivity contribution is 5.97. The van der Waals surface area contributed by atoms with Crippen LogP contribution in [0.15, 0.2) is 52.7 Å². The van der Waals surface area contributed by atoms with Gasteiger partial charge in [0.25, 0.3) is 5.91 Å². The number of methoxy groups -OCH3 is 2. The summed E-state index contributed by atoms with van der Waals surface area (Å²) in [5.74, 6) is 0.409. The standard InChI is InChI=1S/C22H26N4O4/c1-5-25(6-2)14-26-17-10-8-7-9-16(17)20(22(26)28)23-24-21(27)15-11-12-18(29-3)19(13-15)30-4/h7-13,28H,5-6,14H2,1-4H3/p+1. The van der Waals surface area contributed by atoms with Crippen LogP contribution in [0.4, 0.5) is 5.69 Å². The smallest absolute Gasteiger partial charge is 0.295 e. The minimum absolute atomic E-state index is 0.000499. The maximum atomic E-state index is 12.6. The molecule has 0 spiro atoms. The lowest BCUT2D eigenvalue weighted by atomic mass is 10.2. The highest BCUT2D eigenvalue weighted by Crippen LogP contribution is 2.38. The van der Waals surface area contributed by atoms with Crippen molar-refractivity contribution >= 4 is 22.5 Å². The number of hydrogen-bond donors (Lipinski definition) is 2. The fraction of sp³-hybridized carbons (Fsp3) is 0.318. The Morgan fingerprint density at radius 3 is 2.43 bits per heavy atom. The third-order valence-corrected chi connectivity index (χ3v) is 5.17. The zero-order valence-corrected chi connectivity index (χ0v) is 17.7. The number of para-hydroxylation sites is 1. The summed E-state index contributed by atoms with van der Waals surface area (Å²) in [7, 11) is 3.02. The molecule has 2 N–H and O–H groups in total. The Balaban J connectivity index is 1.96. The molecule has 2 aromatic carbocycles. The van der Waals surface area contributed by atoms with Crippen molar-refractivity contribution in [2.75, 3.05) is 27.3 Å². The first-order valence-electron chi connectivity index (χ1n) is 9.85. The van der Waals surface area contributed by atoms with E-state index >= 15 is 0 Å². The summed E-state index contributed by atoms with van der Waals surface area (Å²) in [6.07, 6.45) is 0. The number of rotatable bonds is 8. The predicted molar refractivity (Wildman–Crippen MR) is 114 cm³/mol. The number of ether oxygens (including phenoxy) is 2. The van der Waals surface area contributed by atoms with Crippen LogP contribution < -0.4 is 14.4 Å². The van der Waals surface area contributed by atoms with Crippen molar-refractivity contribution in [1.82, 2.24) is 4.57 Å². The zero-order chi connectivity index (χ0) is 21.7. The molecule has 0 fully saturated rings. The van der Waals surface area contributed by atoms with E-state index in [1.807, 2.05) is 28.8 Å². The van der Waals surface area contributed by atoms with Gasteiger partial charge in [-0.25, -0.2) is 0 Å². The summed E-state index contributed by atoms with van der Waals surface area (Å²) in [6, 6.07) is 12.3. The first-order chi connectivity index (χ1) is 14.5. The fourth-order valence-electron chi connectivity index (χ4n) is 3.35. The van der Waals surface area contributed by atoms with Gasteiger partial charge in [0.05, 0.1) is 32.8 Å². The van der Waals surface area contributed by atoms with Crippen LogP contribution in [0.1, 0.15) is 24.2 Å². The first kappa shape index (κ1) is 21.3. The number of nitrogens with one attached hydrogen (secondary N) is 1. The summed E-state index contributed by atoms with van der Waals surface area (Å²) < 4.78 is 12.2. The fourth-order valence-corrected chi connectivity index (χ4v) is 3.35. The Morgan fingerprint density at radius 1 is 1.07 bits per heavy atom. The third kappa shape index (κ3) is 4.13. The lowest BCUT2D eigenvalue weighted by molar-refractivity contribution is -0.919. The third-order valence-electron chi connectivity index (χ3n) is 5.17. The second kappa shape index (κ2) is 9.41. The van der Waals surface area contributed by atoms with Crippen molar-refractivity contribution in [3.8, 4) is 17.4 Å². The zero-order valence-electron chi connectivity index (χ0n) is 17.7. The van der Waals surface area contributed by atoms with Crippen LogP contribution in [-0.4, -0.2) is 42.9 Å². The predicted octanol–water partition coefficient (Wildman–Crippen LogP) is 3.17. The molecule has 1 heterocycles. The van der Waals surface area contributed by atoms with Gasteiger partial charge >= 0.3 is 0 Å². The lowest BCUT2D eigenvalue weighted by Crippen LogP contribution is -3.10. The summed E-state index contributed by atoms with van der Waals surface area (Å²) in [6.45, 7) is 6.65. The topological polar surface area (TPSA) is 89.9 Å². The van der Waals surface area contributed by atoms with Crippen molar-refractivity contribution in [2.24, 2.45) is 10.2 Å². The monoisotopic (exact) mass is 411 g/mol. The number of carbonyl (C=O) groups is 1. The molecular formula is C22H27N4O4+. The van der Waals surface area contributed by atoms with E-state index in [4.69, 9.17) is 9.47 Å². The van der Waals surface area contributed by atoms with Crippen LogP contribution in [0.2, 0.25) is 0 Å². The molecule has 30 heavy (non-hydrogen) atoms. The Kier molecular flexibility index (Phi) is 6.68. The molecule has 0 radical (unpaired) electrons. The molecule has 1 aromatic heterocycles. The quantitative estimate of drug-likeness (QED) is 0.557. The van der Waals surface area contributed by atoms with E-state index in [9.17, 15) is 9.90 Å². The molecule has 158 valence electrons. The van der Waals surface area contributed by atoms with Gasteiger partial charge in [0.2, 0.25) is 5.88 Å². The Morgan fingerprint density at radius 2 is 1.77 bits per heavy atom. The van der Waals surface area contributed by atoms with Crippen LogP contribution in [0, 0.1) is 0 Å². The first-order valence-corrected chi connectivity index (χ1v) is 9.85. The van der Waals surface area contributed by atoms with Crippen molar-refractivity contribution in [3.05, 3.63) is 48.0 Å². The van der Waals surface area contributed by atoms with Gasteiger partial charge in [-0.15, -0.1) is 10.2 Å². The Labute approximate surface area is 175 Å². The van der Waals surface area contributed by atoms with E-state index < -0.39 is 5.91 Å². The number of benzene rings is 2. The molecule has 0 saturated carbocycles. The van der Waals surface area contributed by atoms with Gasteiger partial charge in [0.15, 0.2) is 23.9 Å². The van der Waals surface area contributed by atoms with Crippen molar-refractivity contribution in [2.45, 2.75) is 20.5 Å². The summed E-state index contributed by atoms with van der Waals surface area (Å²) in [5.41, 5.74) is 1.44. The van der Waals surface area contributed by atoms with Crippen molar-refractivity contribution in [3.63, 3.8) is 0 Å². The number of nitrogens with zero attached hydrogens (tertiary/aromatic N) is 3.